The van der Waals surface area contributed by atoms with Gasteiger partial charge >= 0.3 is 0 Å². The van der Waals surface area contributed by atoms with Crippen LogP contribution in [0.1, 0.15) is 18.9 Å². The van der Waals surface area contributed by atoms with E-state index in [4.69, 9.17) is 0 Å². The van der Waals surface area contributed by atoms with Crippen LogP contribution >= 0.6 is 15.9 Å². The Balaban J connectivity index is 2.94. The quantitative estimate of drug-likeness (QED) is 0.760. The Kier molecular flexibility index (Phi) is 4.82. The molecule has 0 bridgehead atoms. The Bertz CT molecular complexity index is 336. The number of anilines is 1. The number of halogens is 1. The summed E-state index contributed by atoms with van der Waals surface area (Å²) in [7, 11) is 0. The molecule has 0 unspecified atom stereocenters. The maximum Gasteiger partial charge on any atom is 0.143 e. The molecule has 82 valence electrons. The van der Waals surface area contributed by atoms with Crippen LogP contribution in [0.5, 0.6) is 0 Å². The van der Waals surface area contributed by atoms with Crippen molar-refractivity contribution in [1.29, 1.82) is 0 Å². The molecule has 0 radical (unpaired) electrons. The molecule has 0 spiro atoms. The highest BCUT2D eigenvalue weighted by atomic mass is 79.9. The summed E-state index contributed by atoms with van der Waals surface area (Å²) in [6, 6.07) is 2.09. The molecule has 0 aliphatic rings. The Morgan fingerprint density at radius 3 is 2.87 bits per heavy atom. The van der Waals surface area contributed by atoms with Gasteiger partial charge in [0.25, 0.3) is 0 Å². The average molecular weight is 269 g/mol. The van der Waals surface area contributed by atoms with E-state index < -0.39 is 0 Å². The molecule has 0 saturated heterocycles. The molecule has 1 heterocycles. The predicted octanol–water partition coefficient (Wildman–Crippen LogP) is 3.55. The zero-order valence-corrected chi connectivity index (χ0v) is 10.9. The van der Waals surface area contributed by atoms with Gasteiger partial charge in [-0.3, -0.25) is 0 Å². The first-order valence-corrected chi connectivity index (χ1v) is 5.96. The molecule has 0 atom stereocenters. The third-order valence-corrected chi connectivity index (χ3v) is 2.68. The summed E-state index contributed by atoms with van der Waals surface area (Å²) < 4.78 is 1.05. The smallest absolute Gasteiger partial charge is 0.143 e. The lowest BCUT2D eigenvalue weighted by molar-refractivity contribution is 0.799. The van der Waals surface area contributed by atoms with E-state index in [1.54, 1.807) is 0 Å². The highest BCUT2D eigenvalue weighted by Crippen LogP contribution is 2.24. The normalized spacial score (nSPS) is 10.1. The Hall–Kier alpha value is -0.830. The second-order valence-corrected chi connectivity index (χ2v) is 4.41. The minimum atomic E-state index is 0.836. The average Bonchev–Trinajstić information content (AvgIpc) is 2.17. The first-order chi connectivity index (χ1) is 7.19. The fourth-order valence-electron chi connectivity index (χ4n) is 1.47. The van der Waals surface area contributed by atoms with Crippen molar-refractivity contribution in [3.63, 3.8) is 0 Å². The lowest BCUT2D eigenvalue weighted by Gasteiger charge is -2.22. The second-order valence-electron chi connectivity index (χ2n) is 3.55. The van der Waals surface area contributed by atoms with Gasteiger partial charge in [0.15, 0.2) is 0 Å². The van der Waals surface area contributed by atoms with Crippen molar-refractivity contribution in [3.8, 4) is 0 Å². The third kappa shape index (κ3) is 3.34. The fourth-order valence-corrected chi connectivity index (χ4v) is 2.18. The SMILES string of the molecule is C=CCN(CCC)c1ncc(C)cc1Br. The van der Waals surface area contributed by atoms with Crippen LogP contribution in [0.25, 0.3) is 0 Å². The van der Waals surface area contributed by atoms with E-state index in [1.165, 1.54) is 5.56 Å². The number of aromatic nitrogens is 1. The van der Waals surface area contributed by atoms with Gasteiger partial charge in [0.2, 0.25) is 0 Å². The lowest BCUT2D eigenvalue weighted by atomic mass is 10.3. The molecule has 1 aromatic heterocycles. The number of hydrogen-bond donors (Lipinski definition) is 0. The number of aryl methyl sites for hydroxylation is 1. The number of pyridine rings is 1. The van der Waals surface area contributed by atoms with Crippen LogP contribution < -0.4 is 4.90 Å². The summed E-state index contributed by atoms with van der Waals surface area (Å²) in [5.74, 6) is 1.00. The summed E-state index contributed by atoms with van der Waals surface area (Å²) in [5.41, 5.74) is 1.17. The zero-order valence-electron chi connectivity index (χ0n) is 9.33. The predicted molar refractivity (Wildman–Crippen MR) is 69.4 cm³/mol. The molecule has 0 aromatic carbocycles. The van der Waals surface area contributed by atoms with Gasteiger partial charge in [-0.25, -0.2) is 4.98 Å². The highest BCUT2D eigenvalue weighted by molar-refractivity contribution is 9.10. The first kappa shape index (κ1) is 12.2. The van der Waals surface area contributed by atoms with Crippen molar-refractivity contribution in [2.45, 2.75) is 20.3 Å². The third-order valence-electron chi connectivity index (χ3n) is 2.10. The zero-order chi connectivity index (χ0) is 11.3. The molecule has 0 N–H and O–H groups in total. The van der Waals surface area contributed by atoms with Gasteiger partial charge in [-0.1, -0.05) is 13.0 Å². The van der Waals surface area contributed by atoms with Gasteiger partial charge in [-0.2, -0.15) is 0 Å². The first-order valence-electron chi connectivity index (χ1n) is 5.17. The molecule has 1 rings (SSSR count). The summed E-state index contributed by atoms with van der Waals surface area (Å²) >= 11 is 3.55. The summed E-state index contributed by atoms with van der Waals surface area (Å²) in [6.45, 7) is 9.81. The summed E-state index contributed by atoms with van der Waals surface area (Å²) in [4.78, 5) is 6.67. The largest absolute Gasteiger partial charge is 0.352 e. The summed E-state index contributed by atoms with van der Waals surface area (Å²) in [6.07, 6.45) is 4.91. The van der Waals surface area contributed by atoms with Crippen LogP contribution in [0, 0.1) is 6.92 Å². The van der Waals surface area contributed by atoms with Gasteiger partial charge in [-0.15, -0.1) is 6.58 Å². The van der Waals surface area contributed by atoms with Crippen LogP contribution in [0.4, 0.5) is 5.82 Å². The maximum absolute atomic E-state index is 4.45. The molecule has 15 heavy (non-hydrogen) atoms. The standard InChI is InChI=1S/C12H17BrN2/c1-4-6-15(7-5-2)12-11(13)8-10(3)9-14-12/h4,8-9H,1,5-7H2,2-3H3. The molecule has 0 saturated carbocycles. The van der Waals surface area contributed by atoms with Crippen LogP contribution in [0.2, 0.25) is 0 Å². The van der Waals surface area contributed by atoms with Crippen molar-refractivity contribution in [1.82, 2.24) is 4.98 Å². The van der Waals surface area contributed by atoms with E-state index in [1.807, 2.05) is 19.2 Å². The van der Waals surface area contributed by atoms with E-state index in [9.17, 15) is 0 Å². The van der Waals surface area contributed by atoms with E-state index >= 15 is 0 Å². The Labute approximate surface area is 100 Å². The van der Waals surface area contributed by atoms with Gasteiger partial charge in [0.05, 0.1) is 4.47 Å². The maximum atomic E-state index is 4.45. The van der Waals surface area contributed by atoms with Gasteiger partial charge in [0.1, 0.15) is 5.82 Å². The molecule has 3 heteroatoms. The summed E-state index contributed by atoms with van der Waals surface area (Å²) in [5, 5.41) is 0. The molecule has 0 fully saturated rings. The molecule has 0 aliphatic carbocycles. The molecular formula is C12H17BrN2. The molecular weight excluding hydrogens is 252 g/mol. The van der Waals surface area contributed by atoms with Crippen molar-refractivity contribution in [2.75, 3.05) is 18.0 Å². The number of rotatable bonds is 5. The Morgan fingerprint density at radius 1 is 1.60 bits per heavy atom. The van der Waals surface area contributed by atoms with Crippen molar-refractivity contribution in [3.05, 3.63) is 35.0 Å². The van der Waals surface area contributed by atoms with E-state index in [0.717, 1.165) is 29.8 Å². The molecule has 0 aliphatic heterocycles. The monoisotopic (exact) mass is 268 g/mol. The second kappa shape index (κ2) is 5.91. The molecule has 1 aromatic rings. The van der Waals surface area contributed by atoms with E-state index in [2.05, 4.69) is 45.4 Å². The topological polar surface area (TPSA) is 16.1 Å². The minimum Gasteiger partial charge on any atom is -0.352 e. The molecule has 2 nitrogen and oxygen atoms in total. The van der Waals surface area contributed by atoms with Crippen LogP contribution in [0.15, 0.2) is 29.4 Å². The fraction of sp³-hybridized carbons (Fsp3) is 0.417. The van der Waals surface area contributed by atoms with Gasteiger partial charge in [0, 0.05) is 19.3 Å². The number of hydrogen-bond acceptors (Lipinski definition) is 2. The van der Waals surface area contributed by atoms with E-state index in [-0.39, 0.29) is 0 Å². The minimum absolute atomic E-state index is 0.836. The van der Waals surface area contributed by atoms with Crippen molar-refractivity contribution >= 4 is 21.7 Å². The van der Waals surface area contributed by atoms with Gasteiger partial charge < -0.3 is 4.90 Å². The number of nitrogens with zero attached hydrogens (tertiary/aromatic N) is 2. The lowest BCUT2D eigenvalue weighted by Crippen LogP contribution is -2.25. The van der Waals surface area contributed by atoms with Crippen LogP contribution in [-0.4, -0.2) is 18.1 Å². The van der Waals surface area contributed by atoms with Crippen LogP contribution in [0.3, 0.4) is 0 Å². The van der Waals surface area contributed by atoms with Crippen LogP contribution in [-0.2, 0) is 0 Å². The van der Waals surface area contributed by atoms with Gasteiger partial charge in [-0.05, 0) is 40.9 Å². The molecule has 0 amide bonds. The van der Waals surface area contributed by atoms with Crippen molar-refractivity contribution in [2.24, 2.45) is 0 Å². The van der Waals surface area contributed by atoms with E-state index in [0.29, 0.717) is 0 Å². The Morgan fingerprint density at radius 2 is 2.33 bits per heavy atom. The van der Waals surface area contributed by atoms with Crippen molar-refractivity contribution < 1.29 is 0 Å². The highest BCUT2D eigenvalue weighted by Gasteiger charge is 2.09.